The van der Waals surface area contributed by atoms with Gasteiger partial charge in [0.15, 0.2) is 0 Å². The van der Waals surface area contributed by atoms with Crippen LogP contribution >= 0.6 is 0 Å². The molecule has 1 aliphatic heterocycles. The van der Waals surface area contributed by atoms with E-state index >= 15 is 0 Å². The minimum Gasteiger partial charge on any atom is -0.390 e. The fourth-order valence-electron chi connectivity index (χ4n) is 1.78. The van der Waals surface area contributed by atoms with Crippen molar-refractivity contribution in [3.63, 3.8) is 0 Å². The van der Waals surface area contributed by atoms with Crippen LogP contribution in [0.2, 0.25) is 0 Å². The smallest absolute Gasteiger partial charge is 0.0860 e. The Bertz CT molecular complexity index is 309. The van der Waals surface area contributed by atoms with E-state index in [1.807, 2.05) is 12.3 Å². The molecule has 0 bridgehead atoms. The highest BCUT2D eigenvalue weighted by atomic mass is 16.5. The third-order valence-corrected chi connectivity index (χ3v) is 2.79. The number of aliphatic hydroxyl groups excluding tert-OH is 1. The van der Waals surface area contributed by atoms with Gasteiger partial charge in [-0.15, -0.1) is 0 Å². The Hall–Kier alpha value is -0.910. The molecule has 5 heteroatoms. The second-order valence-electron chi connectivity index (χ2n) is 4.82. The lowest BCUT2D eigenvalue weighted by atomic mass is 9.89. The molecule has 1 fully saturated rings. The van der Waals surface area contributed by atoms with Gasteiger partial charge in [0.2, 0.25) is 0 Å². The third kappa shape index (κ3) is 3.04. The molecule has 2 rings (SSSR count). The zero-order chi connectivity index (χ0) is 11.4. The molecule has 1 atom stereocenters. The normalized spacial score (nSPS) is 20.4. The van der Waals surface area contributed by atoms with Crippen molar-refractivity contribution in [2.75, 3.05) is 26.3 Å². The Morgan fingerprint density at radius 2 is 2.44 bits per heavy atom. The Morgan fingerprint density at radius 3 is 3.00 bits per heavy atom. The van der Waals surface area contributed by atoms with Crippen LogP contribution in [0.15, 0.2) is 18.5 Å². The van der Waals surface area contributed by atoms with Gasteiger partial charge < -0.3 is 15.2 Å². The predicted molar refractivity (Wildman–Crippen MR) is 60.0 cm³/mol. The summed E-state index contributed by atoms with van der Waals surface area (Å²) in [6.45, 7) is 5.83. The highest BCUT2D eigenvalue weighted by Gasteiger charge is 2.32. The molecule has 2 heterocycles. The van der Waals surface area contributed by atoms with E-state index in [9.17, 15) is 5.11 Å². The summed E-state index contributed by atoms with van der Waals surface area (Å²) in [5.41, 5.74) is 0.255. The maximum Gasteiger partial charge on any atom is 0.0860 e. The quantitative estimate of drug-likeness (QED) is 0.708. The zero-order valence-corrected chi connectivity index (χ0v) is 9.59. The Balaban J connectivity index is 1.62. The molecule has 1 aliphatic rings. The van der Waals surface area contributed by atoms with E-state index < -0.39 is 6.10 Å². The highest BCUT2D eigenvalue weighted by Crippen LogP contribution is 2.24. The number of hydrogen-bond acceptors (Lipinski definition) is 4. The number of aliphatic hydroxyl groups is 1. The van der Waals surface area contributed by atoms with Crippen LogP contribution in [0, 0.1) is 5.41 Å². The third-order valence-electron chi connectivity index (χ3n) is 2.79. The number of nitrogens with one attached hydrogen (secondary N) is 1. The molecule has 0 spiro atoms. The largest absolute Gasteiger partial charge is 0.390 e. The topological polar surface area (TPSA) is 59.3 Å². The summed E-state index contributed by atoms with van der Waals surface area (Å²) in [4.78, 5) is 0. The molecule has 1 aromatic rings. The molecule has 0 aromatic carbocycles. The van der Waals surface area contributed by atoms with Crippen LogP contribution in [0.1, 0.15) is 6.92 Å². The van der Waals surface area contributed by atoms with Crippen LogP contribution in [0.3, 0.4) is 0 Å². The van der Waals surface area contributed by atoms with Gasteiger partial charge in [-0.1, -0.05) is 6.92 Å². The van der Waals surface area contributed by atoms with Gasteiger partial charge in [0.1, 0.15) is 0 Å². The molecule has 0 amide bonds. The van der Waals surface area contributed by atoms with E-state index in [0.717, 1.165) is 19.8 Å². The van der Waals surface area contributed by atoms with E-state index in [4.69, 9.17) is 4.74 Å². The van der Waals surface area contributed by atoms with Crippen molar-refractivity contribution in [3.05, 3.63) is 18.5 Å². The molecule has 16 heavy (non-hydrogen) atoms. The number of aromatic nitrogens is 2. The lowest BCUT2D eigenvalue weighted by Gasteiger charge is -2.38. The maximum absolute atomic E-state index is 9.75. The first-order valence-electron chi connectivity index (χ1n) is 5.62. The average Bonchev–Trinajstić information content (AvgIpc) is 2.68. The first-order valence-corrected chi connectivity index (χ1v) is 5.62. The van der Waals surface area contributed by atoms with Gasteiger partial charge in [-0.3, -0.25) is 4.68 Å². The molecule has 2 N–H and O–H groups in total. The van der Waals surface area contributed by atoms with E-state index in [1.54, 1.807) is 10.9 Å². The lowest BCUT2D eigenvalue weighted by Crippen LogP contribution is -2.48. The van der Waals surface area contributed by atoms with Crippen LogP contribution in [-0.4, -0.2) is 47.3 Å². The lowest BCUT2D eigenvalue weighted by molar-refractivity contribution is -0.0996. The van der Waals surface area contributed by atoms with Gasteiger partial charge in [-0.2, -0.15) is 5.10 Å². The minimum atomic E-state index is -0.399. The van der Waals surface area contributed by atoms with Gasteiger partial charge in [-0.05, 0) is 6.07 Å². The second-order valence-corrected chi connectivity index (χ2v) is 4.82. The molecule has 0 saturated carbocycles. The summed E-state index contributed by atoms with van der Waals surface area (Å²) in [5.74, 6) is 0. The van der Waals surface area contributed by atoms with Gasteiger partial charge >= 0.3 is 0 Å². The Kier molecular flexibility index (Phi) is 3.58. The first-order chi connectivity index (χ1) is 7.68. The standard InChI is InChI=1S/C11H19N3O2/c1-11(8-16-9-11)7-12-5-10(15)6-14-4-2-3-13-14/h2-4,10,12,15H,5-9H2,1H3. The van der Waals surface area contributed by atoms with Crippen molar-refractivity contribution in [2.45, 2.75) is 19.6 Å². The predicted octanol–water partition coefficient (Wildman–Crippen LogP) is -0.130. The number of hydrogen-bond donors (Lipinski definition) is 2. The summed E-state index contributed by atoms with van der Waals surface area (Å²) in [6.07, 6.45) is 3.17. The van der Waals surface area contributed by atoms with Crippen LogP contribution < -0.4 is 5.32 Å². The fourth-order valence-corrected chi connectivity index (χ4v) is 1.78. The van der Waals surface area contributed by atoms with Crippen molar-refractivity contribution in [2.24, 2.45) is 5.41 Å². The molecule has 90 valence electrons. The van der Waals surface area contributed by atoms with Gasteiger partial charge in [0, 0.05) is 30.9 Å². The van der Waals surface area contributed by atoms with Crippen LogP contribution in [0.5, 0.6) is 0 Å². The fraction of sp³-hybridized carbons (Fsp3) is 0.727. The van der Waals surface area contributed by atoms with Crippen molar-refractivity contribution >= 4 is 0 Å². The second kappa shape index (κ2) is 4.95. The van der Waals surface area contributed by atoms with E-state index in [0.29, 0.717) is 13.1 Å². The van der Waals surface area contributed by atoms with Crippen molar-refractivity contribution < 1.29 is 9.84 Å². The van der Waals surface area contributed by atoms with Gasteiger partial charge in [-0.25, -0.2) is 0 Å². The number of nitrogens with zero attached hydrogens (tertiary/aromatic N) is 2. The molecule has 0 radical (unpaired) electrons. The first kappa shape index (κ1) is 11.6. The molecule has 0 aliphatic carbocycles. The number of rotatable bonds is 6. The van der Waals surface area contributed by atoms with Gasteiger partial charge in [0.25, 0.3) is 0 Å². The van der Waals surface area contributed by atoms with Crippen LogP contribution in [0.4, 0.5) is 0 Å². The minimum absolute atomic E-state index is 0.255. The van der Waals surface area contributed by atoms with Crippen LogP contribution in [-0.2, 0) is 11.3 Å². The summed E-state index contributed by atoms with van der Waals surface area (Å²) >= 11 is 0. The van der Waals surface area contributed by atoms with E-state index in [1.165, 1.54) is 0 Å². The molecular weight excluding hydrogens is 206 g/mol. The zero-order valence-electron chi connectivity index (χ0n) is 9.59. The van der Waals surface area contributed by atoms with E-state index in [-0.39, 0.29) is 5.41 Å². The summed E-state index contributed by atoms with van der Waals surface area (Å²) in [6, 6.07) is 1.85. The van der Waals surface area contributed by atoms with Gasteiger partial charge in [0.05, 0.1) is 25.9 Å². The average molecular weight is 225 g/mol. The van der Waals surface area contributed by atoms with Crippen LogP contribution in [0.25, 0.3) is 0 Å². The molecule has 1 unspecified atom stereocenters. The van der Waals surface area contributed by atoms with E-state index in [2.05, 4.69) is 17.3 Å². The monoisotopic (exact) mass is 225 g/mol. The SMILES string of the molecule is CC1(CNCC(O)Cn2cccn2)COC1. The molecule has 5 nitrogen and oxygen atoms in total. The Morgan fingerprint density at radius 1 is 1.62 bits per heavy atom. The highest BCUT2D eigenvalue weighted by molar-refractivity contribution is 4.83. The van der Waals surface area contributed by atoms with Crippen molar-refractivity contribution in [3.8, 4) is 0 Å². The molecule has 1 aromatic heterocycles. The number of ether oxygens (including phenoxy) is 1. The Labute approximate surface area is 95.4 Å². The maximum atomic E-state index is 9.75. The van der Waals surface area contributed by atoms with Crippen molar-refractivity contribution in [1.29, 1.82) is 0 Å². The molecule has 1 saturated heterocycles. The summed E-state index contributed by atoms with van der Waals surface area (Å²) < 4.78 is 6.90. The van der Waals surface area contributed by atoms with Crippen molar-refractivity contribution in [1.82, 2.24) is 15.1 Å². The summed E-state index contributed by atoms with van der Waals surface area (Å²) in [7, 11) is 0. The summed E-state index contributed by atoms with van der Waals surface area (Å²) in [5, 5.41) is 17.1. The molecular formula is C11H19N3O2.